The average Bonchev–Trinajstić information content (AvgIpc) is 2.40. The van der Waals surface area contributed by atoms with E-state index in [1.165, 1.54) is 0 Å². The highest BCUT2D eigenvalue weighted by atomic mass is 35.5. The van der Waals surface area contributed by atoms with Gasteiger partial charge >= 0.3 is 0 Å². The summed E-state index contributed by atoms with van der Waals surface area (Å²) >= 11 is 0. The van der Waals surface area contributed by atoms with Crippen LogP contribution in [0.2, 0.25) is 0 Å². The van der Waals surface area contributed by atoms with E-state index in [0.29, 0.717) is 17.7 Å². The first-order chi connectivity index (χ1) is 9.78. The monoisotopic (exact) mass is 333 g/mol. The van der Waals surface area contributed by atoms with E-state index in [4.69, 9.17) is 9.47 Å². The molecule has 1 aromatic carbocycles. The maximum absolute atomic E-state index is 10.3. The Morgan fingerprint density at radius 3 is 1.91 bits per heavy atom. The summed E-state index contributed by atoms with van der Waals surface area (Å²) in [4.78, 5) is 0. The molecule has 1 aromatic rings. The molecule has 0 radical (unpaired) electrons. The standard InChI is InChI=1S/C16H27NO4.ClH/c1-16(2,3)17-8-14(18)11-6-12(9-20-4)15(19)13(7-11)10-21-5;/h6-7,14,17-19H,8-10H2,1-5H3;1H. The second-order valence-corrected chi connectivity index (χ2v) is 6.20. The van der Waals surface area contributed by atoms with Gasteiger partial charge in [-0.1, -0.05) is 0 Å². The van der Waals surface area contributed by atoms with Crippen LogP contribution in [0.15, 0.2) is 12.1 Å². The number of ether oxygens (including phenoxy) is 2. The Morgan fingerprint density at radius 1 is 1.09 bits per heavy atom. The number of halogens is 1. The van der Waals surface area contributed by atoms with Crippen LogP contribution in [0.4, 0.5) is 0 Å². The minimum Gasteiger partial charge on any atom is -0.507 e. The van der Waals surface area contributed by atoms with Crippen molar-refractivity contribution in [3.8, 4) is 5.75 Å². The molecule has 1 atom stereocenters. The van der Waals surface area contributed by atoms with Crippen molar-refractivity contribution in [2.24, 2.45) is 0 Å². The van der Waals surface area contributed by atoms with Crippen molar-refractivity contribution in [3.05, 3.63) is 28.8 Å². The lowest BCUT2D eigenvalue weighted by Gasteiger charge is -2.23. The van der Waals surface area contributed by atoms with Crippen LogP contribution in [0.1, 0.15) is 43.6 Å². The molecule has 5 nitrogen and oxygen atoms in total. The fourth-order valence-corrected chi connectivity index (χ4v) is 2.03. The van der Waals surface area contributed by atoms with Gasteiger partial charge < -0.3 is 25.0 Å². The van der Waals surface area contributed by atoms with Gasteiger partial charge in [-0.25, -0.2) is 0 Å². The molecule has 0 fully saturated rings. The van der Waals surface area contributed by atoms with Gasteiger partial charge in [0, 0.05) is 37.4 Å². The molecule has 0 heterocycles. The molecule has 1 rings (SSSR count). The predicted molar refractivity (Wildman–Crippen MR) is 89.5 cm³/mol. The molecule has 0 bridgehead atoms. The summed E-state index contributed by atoms with van der Waals surface area (Å²) in [5.74, 6) is 0.165. The van der Waals surface area contributed by atoms with Gasteiger partial charge in [0.15, 0.2) is 0 Å². The molecule has 0 saturated carbocycles. The van der Waals surface area contributed by atoms with E-state index in [0.717, 1.165) is 5.56 Å². The molecular weight excluding hydrogens is 306 g/mol. The number of benzene rings is 1. The van der Waals surface area contributed by atoms with Crippen molar-refractivity contribution in [1.82, 2.24) is 5.32 Å². The largest absolute Gasteiger partial charge is 0.507 e. The Hall–Kier alpha value is -0.850. The van der Waals surface area contributed by atoms with Crippen LogP contribution in [0.25, 0.3) is 0 Å². The normalized spacial score (nSPS) is 12.8. The number of nitrogens with one attached hydrogen (secondary N) is 1. The number of phenols is 1. The van der Waals surface area contributed by atoms with Crippen LogP contribution in [0, 0.1) is 0 Å². The van der Waals surface area contributed by atoms with E-state index in [1.54, 1.807) is 26.4 Å². The van der Waals surface area contributed by atoms with E-state index in [1.807, 2.05) is 20.8 Å². The van der Waals surface area contributed by atoms with Crippen molar-refractivity contribution in [1.29, 1.82) is 0 Å². The van der Waals surface area contributed by atoms with Gasteiger partial charge in [-0.05, 0) is 38.5 Å². The van der Waals surface area contributed by atoms with Crippen molar-refractivity contribution in [2.45, 2.75) is 45.6 Å². The zero-order valence-corrected chi connectivity index (χ0v) is 14.8. The molecule has 0 aliphatic heterocycles. The molecule has 0 aliphatic carbocycles. The molecule has 0 amide bonds. The molecule has 0 aliphatic rings. The summed E-state index contributed by atoms with van der Waals surface area (Å²) in [6, 6.07) is 3.54. The third-order valence-corrected chi connectivity index (χ3v) is 3.10. The van der Waals surface area contributed by atoms with Gasteiger partial charge in [-0.3, -0.25) is 0 Å². The first-order valence-corrected chi connectivity index (χ1v) is 7.04. The van der Waals surface area contributed by atoms with Gasteiger partial charge in [0.05, 0.1) is 19.3 Å². The summed E-state index contributed by atoms with van der Waals surface area (Å²) in [5, 5.41) is 23.8. The SMILES string of the molecule is COCc1cc(C(O)CNC(C)(C)C)cc(COC)c1O.Cl. The van der Waals surface area contributed by atoms with Crippen LogP contribution in [-0.4, -0.2) is 36.5 Å². The Morgan fingerprint density at radius 2 is 1.55 bits per heavy atom. The summed E-state index contributed by atoms with van der Waals surface area (Å²) in [5.41, 5.74) is 1.97. The zero-order chi connectivity index (χ0) is 16.0. The second-order valence-electron chi connectivity index (χ2n) is 6.20. The quantitative estimate of drug-likeness (QED) is 0.715. The fourth-order valence-electron chi connectivity index (χ4n) is 2.03. The van der Waals surface area contributed by atoms with Crippen LogP contribution in [-0.2, 0) is 22.7 Å². The van der Waals surface area contributed by atoms with Crippen LogP contribution < -0.4 is 5.32 Å². The van der Waals surface area contributed by atoms with Crippen molar-refractivity contribution in [3.63, 3.8) is 0 Å². The summed E-state index contributed by atoms with van der Waals surface area (Å²) in [7, 11) is 3.14. The average molecular weight is 334 g/mol. The summed E-state index contributed by atoms with van der Waals surface area (Å²) in [6.45, 7) is 7.15. The molecular formula is C16H28ClNO4. The predicted octanol–water partition coefficient (Wildman–Crippen LogP) is 2.53. The maximum atomic E-state index is 10.3. The van der Waals surface area contributed by atoms with Crippen LogP contribution in [0.3, 0.4) is 0 Å². The molecule has 1 unspecified atom stereocenters. The Kier molecular flexibility index (Phi) is 8.96. The van der Waals surface area contributed by atoms with E-state index in [-0.39, 0.29) is 36.9 Å². The molecule has 0 spiro atoms. The highest BCUT2D eigenvalue weighted by Gasteiger charge is 2.17. The van der Waals surface area contributed by atoms with E-state index < -0.39 is 6.10 Å². The van der Waals surface area contributed by atoms with E-state index in [2.05, 4.69) is 5.32 Å². The smallest absolute Gasteiger partial charge is 0.126 e. The number of aliphatic hydroxyl groups excluding tert-OH is 1. The fraction of sp³-hybridized carbons (Fsp3) is 0.625. The zero-order valence-electron chi connectivity index (χ0n) is 14.0. The van der Waals surface area contributed by atoms with Crippen molar-refractivity contribution in [2.75, 3.05) is 20.8 Å². The Bertz CT molecular complexity index is 433. The number of β-amino-alcohol motifs (C(OH)–C–C–N with tert-alkyl or cyclic N) is 1. The minimum absolute atomic E-state index is 0. The molecule has 6 heteroatoms. The van der Waals surface area contributed by atoms with Gasteiger partial charge in [-0.15, -0.1) is 12.4 Å². The van der Waals surface area contributed by atoms with E-state index in [9.17, 15) is 10.2 Å². The van der Waals surface area contributed by atoms with Gasteiger partial charge in [-0.2, -0.15) is 0 Å². The number of aliphatic hydroxyl groups is 1. The molecule has 128 valence electrons. The Balaban J connectivity index is 0.00000441. The number of methoxy groups -OCH3 is 2. The maximum Gasteiger partial charge on any atom is 0.126 e. The lowest BCUT2D eigenvalue weighted by atomic mass is 10.00. The van der Waals surface area contributed by atoms with Gasteiger partial charge in [0.25, 0.3) is 0 Å². The summed E-state index contributed by atoms with van der Waals surface area (Å²) in [6.07, 6.45) is -0.656. The molecule has 0 aromatic heterocycles. The highest BCUT2D eigenvalue weighted by Crippen LogP contribution is 2.28. The number of hydrogen-bond donors (Lipinski definition) is 3. The van der Waals surface area contributed by atoms with Gasteiger partial charge in [0.1, 0.15) is 5.75 Å². The first kappa shape index (κ1) is 21.1. The van der Waals surface area contributed by atoms with Crippen molar-refractivity contribution < 1.29 is 19.7 Å². The molecule has 22 heavy (non-hydrogen) atoms. The van der Waals surface area contributed by atoms with Gasteiger partial charge in [0.2, 0.25) is 0 Å². The van der Waals surface area contributed by atoms with Crippen LogP contribution >= 0.6 is 12.4 Å². The molecule has 3 N–H and O–H groups in total. The van der Waals surface area contributed by atoms with Crippen LogP contribution in [0.5, 0.6) is 5.75 Å². The number of aromatic hydroxyl groups is 1. The lowest BCUT2D eigenvalue weighted by Crippen LogP contribution is -2.38. The molecule has 0 saturated heterocycles. The number of hydrogen-bond acceptors (Lipinski definition) is 5. The third kappa shape index (κ3) is 6.50. The second kappa shape index (κ2) is 9.33. The topological polar surface area (TPSA) is 71.0 Å². The third-order valence-electron chi connectivity index (χ3n) is 3.10. The first-order valence-electron chi connectivity index (χ1n) is 7.04. The lowest BCUT2D eigenvalue weighted by molar-refractivity contribution is 0.159. The summed E-state index contributed by atoms with van der Waals surface area (Å²) < 4.78 is 10.2. The van der Waals surface area contributed by atoms with Crippen molar-refractivity contribution >= 4 is 12.4 Å². The minimum atomic E-state index is -0.656. The van der Waals surface area contributed by atoms with E-state index >= 15 is 0 Å². The Labute approximate surface area is 139 Å². The number of rotatable bonds is 7. The highest BCUT2D eigenvalue weighted by molar-refractivity contribution is 5.85. The number of phenolic OH excluding ortho intramolecular Hbond substituents is 1.